The van der Waals surface area contributed by atoms with E-state index in [0.29, 0.717) is 18.2 Å². The summed E-state index contributed by atoms with van der Waals surface area (Å²) in [7, 11) is 1.67. The lowest BCUT2D eigenvalue weighted by atomic mass is 9.95. The number of hydrogen-bond acceptors (Lipinski definition) is 3. The molecule has 4 heteroatoms. The lowest BCUT2D eigenvalue weighted by Crippen LogP contribution is -2.39. The number of rotatable bonds is 4. The summed E-state index contributed by atoms with van der Waals surface area (Å²) in [5.74, 6) is 0.789. The summed E-state index contributed by atoms with van der Waals surface area (Å²) in [4.78, 5) is 25.4. The number of hydrogen-bond donors (Lipinski definition) is 1. The summed E-state index contributed by atoms with van der Waals surface area (Å²) in [6.45, 7) is 1.85. The van der Waals surface area contributed by atoms with Crippen LogP contribution in [0.2, 0.25) is 0 Å². The van der Waals surface area contributed by atoms with Gasteiger partial charge in [-0.1, -0.05) is 0 Å². The average Bonchev–Trinajstić information content (AvgIpc) is 2.93. The minimum atomic E-state index is 0.0911. The van der Waals surface area contributed by atoms with E-state index >= 15 is 0 Å². The molecule has 2 atom stereocenters. The minimum Gasteiger partial charge on any atom is -0.359 e. The van der Waals surface area contributed by atoms with Crippen molar-refractivity contribution in [2.75, 3.05) is 20.1 Å². The minimum absolute atomic E-state index is 0.0911. The van der Waals surface area contributed by atoms with Gasteiger partial charge < -0.3 is 5.32 Å². The first kappa shape index (κ1) is 12.6. The molecule has 2 rings (SSSR count). The third kappa shape index (κ3) is 2.86. The maximum atomic E-state index is 11.8. The smallest absolute Gasteiger partial charge is 0.221 e. The molecule has 2 unspecified atom stereocenters. The van der Waals surface area contributed by atoms with E-state index < -0.39 is 0 Å². The zero-order valence-electron chi connectivity index (χ0n) is 10.6. The van der Waals surface area contributed by atoms with E-state index in [1.165, 1.54) is 6.42 Å². The van der Waals surface area contributed by atoms with Crippen LogP contribution in [0.1, 0.15) is 38.5 Å². The van der Waals surface area contributed by atoms with E-state index in [1.54, 1.807) is 7.05 Å². The molecule has 0 spiro atoms. The van der Waals surface area contributed by atoms with Crippen LogP contribution in [0.25, 0.3) is 0 Å². The number of Topliss-reactive ketones (excluding diaryl/α,β-unsaturated/α-hetero) is 1. The van der Waals surface area contributed by atoms with E-state index in [4.69, 9.17) is 0 Å². The SMILES string of the molecule is CNC(=O)CCN1CCCC1C1CCCC1=O. The molecule has 0 radical (unpaired) electrons. The first-order chi connectivity index (χ1) is 8.22. The van der Waals surface area contributed by atoms with Crippen LogP contribution in [-0.2, 0) is 9.59 Å². The Kier molecular flexibility index (Phi) is 4.15. The lowest BCUT2D eigenvalue weighted by Gasteiger charge is -2.28. The molecule has 2 aliphatic rings. The van der Waals surface area contributed by atoms with E-state index in [1.807, 2.05) is 0 Å². The lowest BCUT2D eigenvalue weighted by molar-refractivity contribution is -0.122. The second-order valence-corrected chi connectivity index (χ2v) is 5.13. The van der Waals surface area contributed by atoms with Crippen molar-refractivity contribution in [1.82, 2.24) is 10.2 Å². The third-order valence-corrected chi connectivity index (χ3v) is 4.14. The topological polar surface area (TPSA) is 49.4 Å². The molecule has 1 N–H and O–H groups in total. The van der Waals surface area contributed by atoms with Crippen LogP contribution < -0.4 is 5.32 Å². The molecule has 1 saturated heterocycles. The van der Waals surface area contributed by atoms with Crippen molar-refractivity contribution in [2.45, 2.75) is 44.6 Å². The van der Waals surface area contributed by atoms with Crippen molar-refractivity contribution in [3.8, 4) is 0 Å². The number of carbonyl (C=O) groups excluding carboxylic acids is 2. The highest BCUT2D eigenvalue weighted by Gasteiger charge is 2.37. The van der Waals surface area contributed by atoms with Gasteiger partial charge in [-0.2, -0.15) is 0 Å². The zero-order chi connectivity index (χ0) is 12.3. The number of amides is 1. The standard InChI is InChI=1S/C13H22N2O2/c1-14-13(17)7-9-15-8-3-5-11(15)10-4-2-6-12(10)16/h10-11H,2-9H2,1H3,(H,14,17). The van der Waals surface area contributed by atoms with Gasteiger partial charge in [0.2, 0.25) is 5.91 Å². The first-order valence-corrected chi connectivity index (χ1v) is 6.69. The third-order valence-electron chi connectivity index (χ3n) is 4.14. The van der Waals surface area contributed by atoms with Gasteiger partial charge in [-0.05, 0) is 32.2 Å². The fourth-order valence-corrected chi connectivity index (χ4v) is 3.20. The number of nitrogens with one attached hydrogen (secondary N) is 1. The van der Waals surface area contributed by atoms with Crippen LogP contribution in [0, 0.1) is 5.92 Å². The van der Waals surface area contributed by atoms with Gasteiger partial charge in [0.05, 0.1) is 0 Å². The Bertz CT molecular complexity index is 304. The van der Waals surface area contributed by atoms with E-state index in [9.17, 15) is 9.59 Å². The summed E-state index contributed by atoms with van der Waals surface area (Å²) in [6.07, 6.45) is 5.73. The molecule has 0 aromatic carbocycles. The summed E-state index contributed by atoms with van der Waals surface area (Å²) in [6, 6.07) is 0.412. The van der Waals surface area contributed by atoms with Gasteiger partial charge >= 0.3 is 0 Å². The van der Waals surface area contributed by atoms with Gasteiger partial charge in [0.1, 0.15) is 5.78 Å². The van der Waals surface area contributed by atoms with Crippen LogP contribution in [0.15, 0.2) is 0 Å². The van der Waals surface area contributed by atoms with Gasteiger partial charge in [0, 0.05) is 38.4 Å². The van der Waals surface area contributed by atoms with E-state index in [0.717, 1.165) is 38.8 Å². The van der Waals surface area contributed by atoms with E-state index in [-0.39, 0.29) is 11.8 Å². The van der Waals surface area contributed by atoms with Gasteiger partial charge in [0.25, 0.3) is 0 Å². The maximum Gasteiger partial charge on any atom is 0.221 e. The molecule has 1 heterocycles. The van der Waals surface area contributed by atoms with Gasteiger partial charge in [-0.25, -0.2) is 0 Å². The van der Waals surface area contributed by atoms with Crippen molar-refractivity contribution >= 4 is 11.7 Å². The molecule has 0 aromatic heterocycles. The van der Waals surface area contributed by atoms with Crippen LogP contribution >= 0.6 is 0 Å². The van der Waals surface area contributed by atoms with Crippen molar-refractivity contribution < 1.29 is 9.59 Å². The number of likely N-dealkylation sites (tertiary alicyclic amines) is 1. The second kappa shape index (κ2) is 5.63. The molecular weight excluding hydrogens is 216 g/mol. The van der Waals surface area contributed by atoms with Gasteiger partial charge in [-0.15, -0.1) is 0 Å². The maximum absolute atomic E-state index is 11.8. The number of carbonyl (C=O) groups is 2. The molecule has 17 heavy (non-hydrogen) atoms. The molecule has 1 amide bonds. The Morgan fingerprint density at radius 3 is 2.88 bits per heavy atom. The van der Waals surface area contributed by atoms with Crippen LogP contribution in [0.3, 0.4) is 0 Å². The highest BCUT2D eigenvalue weighted by molar-refractivity contribution is 5.83. The Morgan fingerprint density at radius 2 is 2.24 bits per heavy atom. The summed E-state index contributed by atoms with van der Waals surface area (Å²) in [5.41, 5.74) is 0. The Morgan fingerprint density at radius 1 is 1.41 bits per heavy atom. The van der Waals surface area contributed by atoms with Gasteiger partial charge in [0.15, 0.2) is 0 Å². The predicted molar refractivity (Wildman–Crippen MR) is 65.6 cm³/mol. The molecule has 0 bridgehead atoms. The average molecular weight is 238 g/mol. The van der Waals surface area contributed by atoms with Crippen molar-refractivity contribution in [1.29, 1.82) is 0 Å². The van der Waals surface area contributed by atoms with Crippen LogP contribution in [0.4, 0.5) is 0 Å². The Hall–Kier alpha value is -0.900. The van der Waals surface area contributed by atoms with Crippen molar-refractivity contribution in [2.24, 2.45) is 5.92 Å². The van der Waals surface area contributed by atoms with Crippen molar-refractivity contribution in [3.05, 3.63) is 0 Å². The molecule has 96 valence electrons. The van der Waals surface area contributed by atoms with Crippen LogP contribution in [0.5, 0.6) is 0 Å². The molecule has 0 aromatic rings. The molecule has 1 aliphatic carbocycles. The highest BCUT2D eigenvalue weighted by atomic mass is 16.1. The normalized spacial score (nSPS) is 29.8. The highest BCUT2D eigenvalue weighted by Crippen LogP contribution is 2.33. The summed E-state index contributed by atoms with van der Waals surface area (Å²) < 4.78 is 0. The van der Waals surface area contributed by atoms with Crippen LogP contribution in [-0.4, -0.2) is 42.8 Å². The van der Waals surface area contributed by atoms with E-state index in [2.05, 4.69) is 10.2 Å². The Labute approximate surface area is 103 Å². The molecule has 4 nitrogen and oxygen atoms in total. The quantitative estimate of drug-likeness (QED) is 0.793. The Balaban J connectivity index is 1.88. The largest absolute Gasteiger partial charge is 0.359 e. The molecule has 1 aliphatic heterocycles. The fraction of sp³-hybridized carbons (Fsp3) is 0.846. The number of nitrogens with zero attached hydrogens (tertiary/aromatic N) is 1. The zero-order valence-corrected chi connectivity index (χ0v) is 10.6. The molecule has 2 fully saturated rings. The monoisotopic (exact) mass is 238 g/mol. The fourth-order valence-electron chi connectivity index (χ4n) is 3.20. The number of ketones is 1. The molecular formula is C13H22N2O2. The second-order valence-electron chi connectivity index (χ2n) is 5.13. The predicted octanol–water partition coefficient (Wildman–Crippen LogP) is 0.956. The van der Waals surface area contributed by atoms with Gasteiger partial charge in [-0.3, -0.25) is 14.5 Å². The first-order valence-electron chi connectivity index (χ1n) is 6.69. The molecule has 1 saturated carbocycles. The van der Waals surface area contributed by atoms with Crippen molar-refractivity contribution in [3.63, 3.8) is 0 Å². The summed E-state index contributed by atoms with van der Waals surface area (Å²) in [5, 5.41) is 2.65. The summed E-state index contributed by atoms with van der Waals surface area (Å²) >= 11 is 0.